The Morgan fingerprint density at radius 3 is 2.52 bits per heavy atom. The summed E-state index contributed by atoms with van der Waals surface area (Å²) >= 11 is 0. The molecule has 7 nitrogen and oxygen atoms in total. The van der Waals surface area contributed by atoms with Gasteiger partial charge in [0.1, 0.15) is 5.69 Å². The van der Waals surface area contributed by atoms with Crippen LogP contribution in [0.2, 0.25) is 0 Å². The fourth-order valence-electron chi connectivity index (χ4n) is 2.03. The number of aromatic nitrogens is 2. The second-order valence-corrected chi connectivity index (χ2v) is 5.43. The Balaban J connectivity index is 2.75. The summed E-state index contributed by atoms with van der Waals surface area (Å²) in [6.45, 7) is 9.29. The molecule has 118 valence electrons. The van der Waals surface area contributed by atoms with Gasteiger partial charge >= 0.3 is 5.69 Å². The average molecular weight is 295 g/mol. The van der Waals surface area contributed by atoms with Crippen LogP contribution in [0.1, 0.15) is 45.7 Å². The molecule has 0 bridgehead atoms. The minimum Gasteiger partial charge on any atom is -0.364 e. The average Bonchev–Trinajstić information content (AvgIpc) is 2.37. The van der Waals surface area contributed by atoms with Crippen molar-refractivity contribution in [2.75, 3.05) is 23.7 Å². The van der Waals surface area contributed by atoms with Crippen LogP contribution in [0.5, 0.6) is 0 Å². The summed E-state index contributed by atoms with van der Waals surface area (Å²) in [5.41, 5.74) is 0.330. The van der Waals surface area contributed by atoms with Gasteiger partial charge in [0.2, 0.25) is 11.8 Å². The zero-order valence-corrected chi connectivity index (χ0v) is 13.3. The molecular formula is C14H25N5O2. The fraction of sp³-hybridized carbons (Fsp3) is 0.714. The molecule has 0 amide bonds. The summed E-state index contributed by atoms with van der Waals surface area (Å²) in [5, 5.41) is 17.2. The number of hydrogen-bond donors (Lipinski definition) is 2. The molecular weight excluding hydrogens is 270 g/mol. The molecule has 1 heterocycles. The first kappa shape index (κ1) is 17.1. The minimum atomic E-state index is -0.429. The summed E-state index contributed by atoms with van der Waals surface area (Å²) < 4.78 is 0. The van der Waals surface area contributed by atoms with Gasteiger partial charge in [0.25, 0.3) is 0 Å². The number of nitrogens with zero attached hydrogens (tertiary/aromatic N) is 3. The molecule has 0 radical (unpaired) electrons. The summed E-state index contributed by atoms with van der Waals surface area (Å²) in [5.74, 6) is 1.40. The van der Waals surface area contributed by atoms with Crippen LogP contribution < -0.4 is 10.6 Å². The van der Waals surface area contributed by atoms with Gasteiger partial charge in [-0.1, -0.05) is 26.7 Å². The van der Waals surface area contributed by atoms with Gasteiger partial charge in [-0.25, -0.2) is 4.98 Å². The van der Waals surface area contributed by atoms with Crippen molar-refractivity contribution in [2.45, 2.75) is 47.0 Å². The van der Waals surface area contributed by atoms with Crippen LogP contribution in [0, 0.1) is 23.0 Å². The second kappa shape index (κ2) is 8.39. The van der Waals surface area contributed by atoms with Gasteiger partial charge in [-0.3, -0.25) is 10.1 Å². The topological polar surface area (TPSA) is 93.0 Å². The standard InChI is InChI=1S/C14H25N5O2/c1-5-15-14-17-11(4)12(19(20)21)13(18-14)16-9-7-6-8-10(2)3/h10H,5-9H2,1-4H3,(H2,15,16,17,18). The normalized spacial score (nSPS) is 10.7. The predicted octanol–water partition coefficient (Wildman–Crippen LogP) is 3.36. The number of nitro groups is 1. The molecule has 0 aliphatic heterocycles. The molecule has 0 aliphatic rings. The Bertz CT molecular complexity index is 477. The predicted molar refractivity (Wildman–Crippen MR) is 84.8 cm³/mol. The lowest BCUT2D eigenvalue weighted by Crippen LogP contribution is -2.12. The maximum atomic E-state index is 11.2. The Morgan fingerprint density at radius 1 is 1.24 bits per heavy atom. The van der Waals surface area contributed by atoms with Gasteiger partial charge in [-0.05, 0) is 26.2 Å². The maximum absolute atomic E-state index is 11.2. The first-order chi connectivity index (χ1) is 9.95. The van der Waals surface area contributed by atoms with E-state index in [9.17, 15) is 10.1 Å². The maximum Gasteiger partial charge on any atom is 0.332 e. The molecule has 7 heteroatoms. The summed E-state index contributed by atoms with van der Waals surface area (Å²) in [7, 11) is 0. The third-order valence-corrected chi connectivity index (χ3v) is 3.08. The van der Waals surface area contributed by atoms with Crippen molar-refractivity contribution >= 4 is 17.5 Å². The van der Waals surface area contributed by atoms with Gasteiger partial charge in [0, 0.05) is 13.1 Å². The first-order valence-corrected chi connectivity index (χ1v) is 7.46. The van der Waals surface area contributed by atoms with Crippen LogP contribution in [0.25, 0.3) is 0 Å². The van der Waals surface area contributed by atoms with E-state index in [2.05, 4.69) is 34.4 Å². The molecule has 0 saturated heterocycles. The van der Waals surface area contributed by atoms with Crippen LogP contribution in [0.3, 0.4) is 0 Å². The van der Waals surface area contributed by atoms with Crippen molar-refractivity contribution < 1.29 is 4.92 Å². The zero-order chi connectivity index (χ0) is 15.8. The molecule has 0 aromatic carbocycles. The smallest absolute Gasteiger partial charge is 0.332 e. The Labute approximate surface area is 125 Å². The van der Waals surface area contributed by atoms with Crippen molar-refractivity contribution in [3.05, 3.63) is 15.8 Å². The lowest BCUT2D eigenvalue weighted by atomic mass is 10.1. The number of rotatable bonds is 9. The van der Waals surface area contributed by atoms with Crippen LogP contribution in [-0.2, 0) is 0 Å². The molecule has 0 spiro atoms. The quantitative estimate of drug-likeness (QED) is 0.412. The van der Waals surface area contributed by atoms with Crippen molar-refractivity contribution in [3.63, 3.8) is 0 Å². The van der Waals surface area contributed by atoms with Gasteiger partial charge in [-0.2, -0.15) is 4.98 Å². The van der Waals surface area contributed by atoms with E-state index in [0.29, 0.717) is 36.5 Å². The molecule has 1 aromatic heterocycles. The largest absolute Gasteiger partial charge is 0.364 e. The zero-order valence-electron chi connectivity index (χ0n) is 13.3. The van der Waals surface area contributed by atoms with Gasteiger partial charge in [0.05, 0.1) is 4.92 Å². The summed E-state index contributed by atoms with van der Waals surface area (Å²) in [6.07, 6.45) is 3.23. The molecule has 1 aromatic rings. The number of nitrogens with one attached hydrogen (secondary N) is 2. The van der Waals surface area contributed by atoms with E-state index in [4.69, 9.17) is 0 Å². The third-order valence-electron chi connectivity index (χ3n) is 3.08. The highest BCUT2D eigenvalue weighted by Gasteiger charge is 2.21. The van der Waals surface area contributed by atoms with Crippen molar-refractivity contribution in [3.8, 4) is 0 Å². The highest BCUT2D eigenvalue weighted by atomic mass is 16.6. The van der Waals surface area contributed by atoms with Crippen LogP contribution in [0.4, 0.5) is 17.5 Å². The fourth-order valence-corrected chi connectivity index (χ4v) is 2.03. The van der Waals surface area contributed by atoms with Crippen molar-refractivity contribution in [1.82, 2.24) is 9.97 Å². The Hall–Kier alpha value is -1.92. The third kappa shape index (κ3) is 5.53. The number of unbranched alkanes of at least 4 members (excludes halogenated alkanes) is 1. The molecule has 0 atom stereocenters. The molecule has 21 heavy (non-hydrogen) atoms. The molecule has 1 rings (SSSR count). The van der Waals surface area contributed by atoms with E-state index < -0.39 is 4.92 Å². The molecule has 0 fully saturated rings. The highest BCUT2D eigenvalue weighted by molar-refractivity contribution is 5.60. The van der Waals surface area contributed by atoms with Crippen molar-refractivity contribution in [2.24, 2.45) is 5.92 Å². The number of anilines is 2. The molecule has 0 aliphatic carbocycles. The minimum absolute atomic E-state index is 0.0412. The van der Waals surface area contributed by atoms with Gasteiger partial charge in [-0.15, -0.1) is 0 Å². The van der Waals surface area contributed by atoms with E-state index in [1.807, 2.05) is 6.92 Å². The van der Waals surface area contributed by atoms with Gasteiger partial charge < -0.3 is 10.6 Å². The number of aryl methyl sites for hydroxylation is 1. The highest BCUT2D eigenvalue weighted by Crippen LogP contribution is 2.26. The Morgan fingerprint density at radius 2 is 1.95 bits per heavy atom. The van der Waals surface area contributed by atoms with Crippen molar-refractivity contribution in [1.29, 1.82) is 0 Å². The van der Waals surface area contributed by atoms with E-state index in [0.717, 1.165) is 19.3 Å². The van der Waals surface area contributed by atoms with Crippen LogP contribution in [0.15, 0.2) is 0 Å². The number of hydrogen-bond acceptors (Lipinski definition) is 6. The SMILES string of the molecule is CCNc1nc(C)c([N+](=O)[O-])c(NCCCCC(C)C)n1. The monoisotopic (exact) mass is 295 g/mol. The first-order valence-electron chi connectivity index (χ1n) is 7.46. The summed E-state index contributed by atoms with van der Waals surface area (Å²) in [6, 6.07) is 0. The van der Waals surface area contributed by atoms with E-state index in [-0.39, 0.29) is 5.69 Å². The summed E-state index contributed by atoms with van der Waals surface area (Å²) in [4.78, 5) is 19.0. The van der Waals surface area contributed by atoms with E-state index in [1.165, 1.54) is 0 Å². The van der Waals surface area contributed by atoms with Crippen LogP contribution in [-0.4, -0.2) is 28.0 Å². The molecule has 0 unspecified atom stereocenters. The Kier molecular flexibility index (Phi) is 6.84. The second-order valence-electron chi connectivity index (χ2n) is 5.43. The van der Waals surface area contributed by atoms with Gasteiger partial charge in [0.15, 0.2) is 0 Å². The van der Waals surface area contributed by atoms with Crippen LogP contribution >= 0.6 is 0 Å². The lowest BCUT2D eigenvalue weighted by molar-refractivity contribution is -0.385. The lowest BCUT2D eigenvalue weighted by Gasteiger charge is -2.10. The van der Waals surface area contributed by atoms with E-state index >= 15 is 0 Å². The molecule has 0 saturated carbocycles. The molecule has 2 N–H and O–H groups in total. The van der Waals surface area contributed by atoms with E-state index in [1.54, 1.807) is 6.92 Å².